The van der Waals surface area contributed by atoms with Crippen molar-refractivity contribution in [2.24, 2.45) is 5.92 Å². The molecule has 1 aliphatic carbocycles. The Morgan fingerprint density at radius 2 is 2.11 bits per heavy atom. The molecule has 1 aromatic rings. The third kappa shape index (κ3) is 2.97. The first kappa shape index (κ1) is 14.1. The fourth-order valence-electron chi connectivity index (χ4n) is 2.92. The van der Waals surface area contributed by atoms with E-state index in [1.807, 2.05) is 0 Å². The molecule has 1 fully saturated rings. The van der Waals surface area contributed by atoms with Gasteiger partial charge in [0, 0.05) is 19.1 Å². The molecule has 1 N–H and O–H groups in total. The molecule has 1 aromatic heterocycles. The van der Waals surface area contributed by atoms with E-state index in [-0.39, 0.29) is 0 Å². The lowest BCUT2D eigenvalue weighted by molar-refractivity contribution is 0.375. The minimum absolute atomic E-state index is 0.611. The topological polar surface area (TPSA) is 29.9 Å². The SMILES string of the molecule is CCn1nc(C)c(Br)c1CN[C@@H](C)C1CCCC1. The van der Waals surface area contributed by atoms with Crippen LogP contribution in [0.15, 0.2) is 4.47 Å². The molecule has 18 heavy (non-hydrogen) atoms. The zero-order valence-corrected chi connectivity index (χ0v) is 13.3. The largest absolute Gasteiger partial charge is 0.308 e. The first-order valence-corrected chi connectivity index (χ1v) is 7.88. The molecule has 102 valence electrons. The quantitative estimate of drug-likeness (QED) is 0.899. The van der Waals surface area contributed by atoms with E-state index in [9.17, 15) is 0 Å². The molecule has 0 aliphatic heterocycles. The van der Waals surface area contributed by atoms with E-state index in [1.165, 1.54) is 31.4 Å². The fraction of sp³-hybridized carbons (Fsp3) is 0.786. The highest BCUT2D eigenvalue weighted by molar-refractivity contribution is 9.10. The molecule has 0 saturated heterocycles. The van der Waals surface area contributed by atoms with E-state index < -0.39 is 0 Å². The molecular weight excluding hydrogens is 290 g/mol. The number of nitrogens with one attached hydrogen (secondary N) is 1. The van der Waals surface area contributed by atoms with Crippen LogP contribution in [0, 0.1) is 12.8 Å². The Bertz CT molecular complexity index is 394. The second-order valence-corrected chi connectivity index (χ2v) is 6.17. The predicted octanol–water partition coefficient (Wildman–Crippen LogP) is 3.64. The molecule has 0 unspecified atom stereocenters. The molecule has 0 aromatic carbocycles. The zero-order valence-electron chi connectivity index (χ0n) is 11.7. The fourth-order valence-corrected chi connectivity index (χ4v) is 3.34. The first-order chi connectivity index (χ1) is 8.63. The van der Waals surface area contributed by atoms with Crippen LogP contribution >= 0.6 is 15.9 Å². The van der Waals surface area contributed by atoms with Crippen LogP contribution in [0.5, 0.6) is 0 Å². The molecule has 0 spiro atoms. The van der Waals surface area contributed by atoms with Crippen LogP contribution in [0.1, 0.15) is 50.9 Å². The molecule has 1 heterocycles. The van der Waals surface area contributed by atoms with Crippen molar-refractivity contribution in [3.63, 3.8) is 0 Å². The smallest absolute Gasteiger partial charge is 0.0739 e. The van der Waals surface area contributed by atoms with Gasteiger partial charge in [-0.15, -0.1) is 0 Å². The van der Waals surface area contributed by atoms with E-state index in [4.69, 9.17) is 0 Å². The maximum atomic E-state index is 4.53. The van der Waals surface area contributed by atoms with E-state index in [0.29, 0.717) is 6.04 Å². The van der Waals surface area contributed by atoms with E-state index in [1.54, 1.807) is 0 Å². The standard InChI is InChI=1S/C14H24BrN3/c1-4-18-13(14(15)11(3)17-18)9-16-10(2)12-7-5-6-8-12/h10,12,16H,4-9H2,1-3H3/t10-/m0/s1. The molecule has 4 heteroatoms. The summed E-state index contributed by atoms with van der Waals surface area (Å²) >= 11 is 3.65. The van der Waals surface area contributed by atoms with Crippen LogP contribution in [0.3, 0.4) is 0 Å². The van der Waals surface area contributed by atoms with Crippen molar-refractivity contribution in [2.75, 3.05) is 0 Å². The lowest BCUT2D eigenvalue weighted by Gasteiger charge is -2.20. The minimum Gasteiger partial charge on any atom is -0.308 e. The van der Waals surface area contributed by atoms with Crippen molar-refractivity contribution < 1.29 is 0 Å². The van der Waals surface area contributed by atoms with Gasteiger partial charge in [0.25, 0.3) is 0 Å². The lowest BCUT2D eigenvalue weighted by atomic mass is 10.00. The maximum Gasteiger partial charge on any atom is 0.0739 e. The van der Waals surface area contributed by atoms with Crippen LogP contribution in [0.4, 0.5) is 0 Å². The van der Waals surface area contributed by atoms with Gasteiger partial charge in [-0.3, -0.25) is 4.68 Å². The summed E-state index contributed by atoms with van der Waals surface area (Å²) in [5, 5.41) is 8.21. The minimum atomic E-state index is 0.611. The summed E-state index contributed by atoms with van der Waals surface area (Å²) in [6.45, 7) is 8.36. The van der Waals surface area contributed by atoms with E-state index >= 15 is 0 Å². The number of halogens is 1. The highest BCUT2D eigenvalue weighted by atomic mass is 79.9. The van der Waals surface area contributed by atoms with E-state index in [0.717, 1.165) is 29.2 Å². The van der Waals surface area contributed by atoms with Crippen LogP contribution in [-0.4, -0.2) is 15.8 Å². The summed E-state index contributed by atoms with van der Waals surface area (Å²) in [6.07, 6.45) is 5.60. The van der Waals surface area contributed by atoms with Gasteiger partial charge in [-0.25, -0.2) is 0 Å². The Morgan fingerprint density at radius 3 is 2.72 bits per heavy atom. The normalized spacial score (nSPS) is 18.4. The Balaban J connectivity index is 1.96. The summed E-state index contributed by atoms with van der Waals surface area (Å²) < 4.78 is 3.25. The molecule has 1 aliphatic rings. The number of hydrogen-bond donors (Lipinski definition) is 1. The van der Waals surface area contributed by atoms with Crippen LogP contribution < -0.4 is 5.32 Å². The van der Waals surface area contributed by atoms with Gasteiger partial charge >= 0.3 is 0 Å². The number of aryl methyl sites for hydroxylation is 2. The van der Waals surface area contributed by atoms with Crippen molar-refractivity contribution in [3.8, 4) is 0 Å². The van der Waals surface area contributed by atoms with Gasteiger partial charge in [-0.2, -0.15) is 5.10 Å². The highest BCUT2D eigenvalue weighted by Gasteiger charge is 2.22. The van der Waals surface area contributed by atoms with Crippen molar-refractivity contribution in [1.82, 2.24) is 15.1 Å². The first-order valence-electron chi connectivity index (χ1n) is 7.08. The van der Waals surface area contributed by atoms with Gasteiger partial charge in [0.1, 0.15) is 0 Å². The summed E-state index contributed by atoms with van der Waals surface area (Å²) in [5.41, 5.74) is 2.36. The number of hydrogen-bond acceptors (Lipinski definition) is 2. The summed E-state index contributed by atoms with van der Waals surface area (Å²) in [7, 11) is 0. The average molecular weight is 314 g/mol. The van der Waals surface area contributed by atoms with Crippen molar-refractivity contribution in [3.05, 3.63) is 15.9 Å². The van der Waals surface area contributed by atoms with E-state index in [2.05, 4.69) is 51.8 Å². The predicted molar refractivity (Wildman–Crippen MR) is 78.6 cm³/mol. The van der Waals surface area contributed by atoms with Crippen LogP contribution in [0.2, 0.25) is 0 Å². The summed E-state index contributed by atoms with van der Waals surface area (Å²) in [6, 6.07) is 0.611. The molecular formula is C14H24BrN3. The molecule has 2 rings (SSSR count). The van der Waals surface area contributed by atoms with Gasteiger partial charge in [-0.05, 0) is 55.5 Å². The van der Waals surface area contributed by atoms with Crippen molar-refractivity contribution >= 4 is 15.9 Å². The molecule has 0 radical (unpaired) electrons. The Kier molecular flexibility index (Phi) is 4.84. The summed E-state index contributed by atoms with van der Waals surface area (Å²) in [5.74, 6) is 0.864. The van der Waals surface area contributed by atoms with Gasteiger partial charge in [0.2, 0.25) is 0 Å². The Morgan fingerprint density at radius 1 is 1.44 bits per heavy atom. The zero-order chi connectivity index (χ0) is 13.1. The second-order valence-electron chi connectivity index (χ2n) is 5.38. The van der Waals surface area contributed by atoms with Gasteiger partial charge in [0.15, 0.2) is 0 Å². The second kappa shape index (κ2) is 6.20. The molecule has 0 bridgehead atoms. The monoisotopic (exact) mass is 313 g/mol. The lowest BCUT2D eigenvalue weighted by Crippen LogP contribution is -2.32. The molecule has 3 nitrogen and oxygen atoms in total. The average Bonchev–Trinajstić information content (AvgIpc) is 2.97. The molecule has 1 atom stereocenters. The Hall–Kier alpha value is -0.350. The van der Waals surface area contributed by atoms with Crippen molar-refractivity contribution in [1.29, 1.82) is 0 Å². The number of aromatic nitrogens is 2. The van der Waals surface area contributed by atoms with Gasteiger partial charge in [0.05, 0.1) is 15.9 Å². The van der Waals surface area contributed by atoms with Gasteiger partial charge < -0.3 is 5.32 Å². The third-order valence-corrected chi connectivity index (χ3v) is 5.18. The van der Waals surface area contributed by atoms with Crippen LogP contribution in [-0.2, 0) is 13.1 Å². The van der Waals surface area contributed by atoms with Crippen LogP contribution in [0.25, 0.3) is 0 Å². The number of rotatable bonds is 5. The maximum absolute atomic E-state index is 4.53. The number of nitrogens with zero attached hydrogens (tertiary/aromatic N) is 2. The van der Waals surface area contributed by atoms with Gasteiger partial charge in [-0.1, -0.05) is 12.8 Å². The molecule has 0 amide bonds. The highest BCUT2D eigenvalue weighted by Crippen LogP contribution is 2.28. The molecule has 1 saturated carbocycles. The Labute approximate surface area is 118 Å². The van der Waals surface area contributed by atoms with Crippen molar-refractivity contribution in [2.45, 2.75) is 65.6 Å². The summed E-state index contributed by atoms with van der Waals surface area (Å²) in [4.78, 5) is 0. The third-order valence-electron chi connectivity index (χ3n) is 4.15.